The number of carbonyl (C=O) groups excluding carboxylic acids is 1. The van der Waals surface area contributed by atoms with Gasteiger partial charge in [0.25, 0.3) is 0 Å². The van der Waals surface area contributed by atoms with Crippen molar-refractivity contribution in [3.05, 3.63) is 23.2 Å². The summed E-state index contributed by atoms with van der Waals surface area (Å²) in [6.07, 6.45) is -4.46. The molecule has 2 aromatic rings. The number of hydrogen-bond acceptors (Lipinski definition) is 5. The van der Waals surface area contributed by atoms with Crippen molar-refractivity contribution in [2.24, 2.45) is 0 Å². The number of aromatic amines is 1. The molecule has 1 aromatic carbocycles. The minimum Gasteiger partial charge on any atom is -0.496 e. The van der Waals surface area contributed by atoms with Crippen LogP contribution in [0.15, 0.2) is 23.4 Å². The molecule has 0 saturated heterocycles. The molecule has 11 heteroatoms. The van der Waals surface area contributed by atoms with Gasteiger partial charge in [-0.05, 0) is 25.1 Å². The molecule has 1 unspecified atom stereocenters. The quantitative estimate of drug-likeness (QED) is 0.735. The summed E-state index contributed by atoms with van der Waals surface area (Å²) in [5.74, 6) is 0.131. The van der Waals surface area contributed by atoms with E-state index in [-0.39, 0.29) is 5.16 Å². The second kappa shape index (κ2) is 7.96. The third kappa shape index (κ3) is 5.53. The summed E-state index contributed by atoms with van der Waals surface area (Å²) in [6.45, 7) is 0.0854. The molecule has 2 rings (SSSR count). The van der Waals surface area contributed by atoms with Gasteiger partial charge in [0.2, 0.25) is 11.1 Å². The average Bonchev–Trinajstić information content (AvgIpc) is 3.00. The van der Waals surface area contributed by atoms with E-state index in [1.165, 1.54) is 14.0 Å². The zero-order valence-corrected chi connectivity index (χ0v) is 14.7. The Kier molecular flexibility index (Phi) is 6.17. The molecule has 1 aromatic heterocycles. The number of H-pyrrole nitrogens is 1. The highest BCUT2D eigenvalue weighted by atomic mass is 35.5. The van der Waals surface area contributed by atoms with Crippen molar-refractivity contribution in [1.82, 2.24) is 20.5 Å². The van der Waals surface area contributed by atoms with Crippen LogP contribution in [-0.4, -0.2) is 46.2 Å². The predicted molar refractivity (Wildman–Crippen MR) is 87.8 cm³/mol. The number of alkyl halides is 3. The number of nitrogens with one attached hydrogen (secondary N) is 2. The Balaban J connectivity index is 2.07. The standard InChI is InChI=1S/C14H14ClF3N4O2S/c1-7(12(23)19-6-14(16,17)18)25-13-20-11(21-22-13)9-5-8(15)3-4-10(9)24-2/h3-5,7H,6H2,1-2H3,(H,19,23)(H,20,21,22). The first-order valence-electron chi connectivity index (χ1n) is 6.97. The van der Waals surface area contributed by atoms with Crippen molar-refractivity contribution >= 4 is 29.3 Å². The van der Waals surface area contributed by atoms with Gasteiger partial charge >= 0.3 is 6.18 Å². The topological polar surface area (TPSA) is 79.9 Å². The smallest absolute Gasteiger partial charge is 0.405 e. The molecule has 0 radical (unpaired) electrons. The third-order valence-electron chi connectivity index (χ3n) is 3.00. The summed E-state index contributed by atoms with van der Waals surface area (Å²) >= 11 is 6.89. The van der Waals surface area contributed by atoms with E-state index in [1.54, 1.807) is 18.2 Å². The SMILES string of the molecule is COc1ccc(Cl)cc1-c1nc(SC(C)C(=O)NCC(F)(F)F)n[nH]1. The van der Waals surface area contributed by atoms with Gasteiger partial charge in [-0.25, -0.2) is 4.98 Å². The van der Waals surface area contributed by atoms with Crippen molar-refractivity contribution in [2.45, 2.75) is 23.5 Å². The molecule has 1 heterocycles. The number of nitrogens with zero attached hydrogens (tertiary/aromatic N) is 2. The summed E-state index contributed by atoms with van der Waals surface area (Å²) in [7, 11) is 1.49. The summed E-state index contributed by atoms with van der Waals surface area (Å²) in [5.41, 5.74) is 0.573. The number of rotatable bonds is 6. The van der Waals surface area contributed by atoms with E-state index >= 15 is 0 Å². The highest BCUT2D eigenvalue weighted by Crippen LogP contribution is 2.31. The molecule has 0 fully saturated rings. The molecular weight excluding hydrogens is 381 g/mol. The molecule has 2 N–H and O–H groups in total. The van der Waals surface area contributed by atoms with Crippen LogP contribution in [0.4, 0.5) is 13.2 Å². The molecule has 1 amide bonds. The summed E-state index contributed by atoms with van der Waals surface area (Å²) in [6, 6.07) is 4.96. The fourth-order valence-electron chi connectivity index (χ4n) is 1.83. The fourth-order valence-corrected chi connectivity index (χ4v) is 2.75. The van der Waals surface area contributed by atoms with E-state index < -0.39 is 23.9 Å². The third-order valence-corrected chi connectivity index (χ3v) is 4.19. The number of methoxy groups -OCH3 is 1. The van der Waals surface area contributed by atoms with Crippen LogP contribution in [0.25, 0.3) is 11.4 Å². The van der Waals surface area contributed by atoms with Gasteiger partial charge in [-0.2, -0.15) is 13.2 Å². The van der Waals surface area contributed by atoms with Crippen LogP contribution in [0.1, 0.15) is 6.92 Å². The number of thioether (sulfide) groups is 1. The fraction of sp³-hybridized carbons (Fsp3) is 0.357. The summed E-state index contributed by atoms with van der Waals surface area (Å²) in [5, 5.41) is 8.36. The van der Waals surface area contributed by atoms with E-state index in [4.69, 9.17) is 16.3 Å². The van der Waals surface area contributed by atoms with Gasteiger partial charge in [0.1, 0.15) is 12.3 Å². The lowest BCUT2D eigenvalue weighted by atomic mass is 10.2. The molecule has 0 bridgehead atoms. The van der Waals surface area contributed by atoms with Crippen molar-refractivity contribution in [1.29, 1.82) is 0 Å². The Hall–Kier alpha value is -1.94. The molecular formula is C14H14ClF3N4O2S. The molecule has 136 valence electrons. The molecule has 0 spiro atoms. The number of halogens is 4. The average molecular weight is 395 g/mol. The Morgan fingerprint density at radius 1 is 1.48 bits per heavy atom. The number of aromatic nitrogens is 3. The Labute approximate surface area is 150 Å². The van der Waals surface area contributed by atoms with Crippen LogP contribution in [0, 0.1) is 0 Å². The molecule has 1 atom stereocenters. The zero-order valence-electron chi connectivity index (χ0n) is 13.1. The normalized spacial score (nSPS) is 12.7. The number of amides is 1. The maximum absolute atomic E-state index is 12.1. The molecule has 0 saturated carbocycles. The van der Waals surface area contributed by atoms with Crippen LogP contribution in [0.2, 0.25) is 5.02 Å². The van der Waals surface area contributed by atoms with E-state index in [1.807, 2.05) is 5.32 Å². The van der Waals surface area contributed by atoms with Gasteiger partial charge in [0.05, 0.1) is 17.9 Å². The van der Waals surface area contributed by atoms with Crippen LogP contribution in [0.5, 0.6) is 5.75 Å². The van der Waals surface area contributed by atoms with Crippen molar-refractivity contribution in [3.8, 4) is 17.1 Å². The highest BCUT2D eigenvalue weighted by Gasteiger charge is 2.29. The molecule has 0 aliphatic rings. The lowest BCUT2D eigenvalue weighted by Gasteiger charge is -2.11. The number of hydrogen-bond donors (Lipinski definition) is 2. The van der Waals surface area contributed by atoms with Crippen LogP contribution in [-0.2, 0) is 4.79 Å². The van der Waals surface area contributed by atoms with Gasteiger partial charge in [-0.15, -0.1) is 5.10 Å². The largest absolute Gasteiger partial charge is 0.496 e. The first-order valence-corrected chi connectivity index (χ1v) is 8.23. The van der Waals surface area contributed by atoms with Crippen LogP contribution < -0.4 is 10.1 Å². The molecule has 0 aliphatic heterocycles. The second-order valence-corrected chi connectivity index (χ2v) is 6.65. The minimum absolute atomic E-state index is 0.215. The van der Waals surface area contributed by atoms with Crippen molar-refractivity contribution < 1.29 is 22.7 Å². The Bertz CT molecular complexity index is 754. The number of carbonyl (C=O) groups is 1. The van der Waals surface area contributed by atoms with E-state index in [0.29, 0.717) is 22.2 Å². The van der Waals surface area contributed by atoms with Crippen molar-refractivity contribution in [2.75, 3.05) is 13.7 Å². The maximum Gasteiger partial charge on any atom is 0.405 e. The summed E-state index contributed by atoms with van der Waals surface area (Å²) in [4.78, 5) is 15.9. The number of ether oxygens (including phenoxy) is 1. The van der Waals surface area contributed by atoms with Crippen LogP contribution >= 0.6 is 23.4 Å². The lowest BCUT2D eigenvalue weighted by molar-refractivity contribution is -0.137. The van der Waals surface area contributed by atoms with Crippen LogP contribution in [0.3, 0.4) is 0 Å². The minimum atomic E-state index is -4.46. The van der Waals surface area contributed by atoms with E-state index in [2.05, 4.69) is 15.2 Å². The molecule has 6 nitrogen and oxygen atoms in total. The Morgan fingerprint density at radius 2 is 2.20 bits per heavy atom. The zero-order chi connectivity index (χ0) is 18.6. The van der Waals surface area contributed by atoms with Gasteiger partial charge in [-0.3, -0.25) is 9.89 Å². The monoisotopic (exact) mass is 394 g/mol. The highest BCUT2D eigenvalue weighted by molar-refractivity contribution is 8.00. The van der Waals surface area contributed by atoms with Gasteiger partial charge in [-0.1, -0.05) is 23.4 Å². The molecule has 0 aliphatic carbocycles. The van der Waals surface area contributed by atoms with Gasteiger partial charge in [0.15, 0.2) is 5.82 Å². The maximum atomic E-state index is 12.1. The first kappa shape index (κ1) is 19.4. The van der Waals surface area contributed by atoms with Gasteiger partial charge < -0.3 is 10.1 Å². The van der Waals surface area contributed by atoms with E-state index in [9.17, 15) is 18.0 Å². The Morgan fingerprint density at radius 3 is 2.84 bits per heavy atom. The summed E-state index contributed by atoms with van der Waals surface area (Å²) < 4.78 is 41.6. The number of benzene rings is 1. The van der Waals surface area contributed by atoms with E-state index in [0.717, 1.165) is 11.8 Å². The second-order valence-electron chi connectivity index (χ2n) is 4.90. The first-order chi connectivity index (χ1) is 11.7. The lowest BCUT2D eigenvalue weighted by Crippen LogP contribution is -2.38. The van der Waals surface area contributed by atoms with Crippen molar-refractivity contribution in [3.63, 3.8) is 0 Å². The predicted octanol–water partition coefficient (Wildman–Crippen LogP) is 3.29. The molecule has 25 heavy (non-hydrogen) atoms. The van der Waals surface area contributed by atoms with Gasteiger partial charge in [0, 0.05) is 5.02 Å².